The first-order chi connectivity index (χ1) is 20.1. The smallest absolute Gasteiger partial charge is 0.151 e. The third kappa shape index (κ3) is 7.35. The van der Waals surface area contributed by atoms with E-state index < -0.39 is 24.4 Å². The lowest BCUT2D eigenvalue weighted by molar-refractivity contribution is -0.178. The van der Waals surface area contributed by atoms with Gasteiger partial charge in [-0.1, -0.05) is 91.0 Å². The van der Waals surface area contributed by atoms with Crippen molar-refractivity contribution in [3.63, 3.8) is 0 Å². The minimum absolute atomic E-state index is 0.0315. The molecule has 0 amide bonds. The van der Waals surface area contributed by atoms with E-state index in [2.05, 4.69) is 10.1 Å². The SMILES string of the molecule is Nc1ncnn2c(C(O)[C@H](OCc3ccccc3)[C@H](OCc3ccccc3)[C@H](O)COCc3ccccc3)ccc12. The Morgan fingerprint density at radius 2 is 1.22 bits per heavy atom. The Kier molecular flexibility index (Phi) is 9.69. The Hall–Kier alpha value is -4.12. The highest BCUT2D eigenvalue weighted by atomic mass is 16.6. The van der Waals surface area contributed by atoms with Crippen LogP contribution in [0.5, 0.6) is 0 Å². The molecule has 0 aliphatic carbocycles. The van der Waals surface area contributed by atoms with Gasteiger partial charge in [0.1, 0.15) is 36.3 Å². The maximum atomic E-state index is 11.8. The molecule has 0 bridgehead atoms. The summed E-state index contributed by atoms with van der Waals surface area (Å²) in [6.45, 7) is 0.673. The predicted molar refractivity (Wildman–Crippen MR) is 155 cm³/mol. The maximum Gasteiger partial charge on any atom is 0.151 e. The number of ether oxygens (including phenoxy) is 3. The number of fused-ring (bicyclic) bond motifs is 1. The third-order valence-corrected chi connectivity index (χ3v) is 6.80. The fraction of sp³-hybridized carbons (Fsp3) is 0.250. The zero-order valence-electron chi connectivity index (χ0n) is 22.6. The van der Waals surface area contributed by atoms with E-state index in [1.54, 1.807) is 12.1 Å². The largest absolute Gasteiger partial charge is 0.388 e. The topological polar surface area (TPSA) is 124 Å². The summed E-state index contributed by atoms with van der Waals surface area (Å²) in [5.74, 6) is 0.284. The molecule has 2 heterocycles. The van der Waals surface area contributed by atoms with Crippen LogP contribution in [0, 0.1) is 0 Å². The van der Waals surface area contributed by atoms with E-state index in [-0.39, 0.29) is 25.6 Å². The summed E-state index contributed by atoms with van der Waals surface area (Å²) in [4.78, 5) is 4.04. The van der Waals surface area contributed by atoms with Crippen molar-refractivity contribution < 1.29 is 24.4 Å². The maximum absolute atomic E-state index is 11.8. The molecule has 41 heavy (non-hydrogen) atoms. The van der Waals surface area contributed by atoms with Crippen molar-refractivity contribution in [2.45, 2.75) is 44.2 Å². The molecular formula is C32H34N4O5. The van der Waals surface area contributed by atoms with Crippen LogP contribution in [0.4, 0.5) is 5.82 Å². The molecule has 0 fully saturated rings. The summed E-state index contributed by atoms with van der Waals surface area (Å²) in [5.41, 5.74) is 9.83. The molecule has 4 atom stereocenters. The lowest BCUT2D eigenvalue weighted by Gasteiger charge is -2.34. The van der Waals surface area contributed by atoms with Crippen molar-refractivity contribution in [2.24, 2.45) is 0 Å². The molecular weight excluding hydrogens is 520 g/mol. The van der Waals surface area contributed by atoms with Crippen LogP contribution in [0.1, 0.15) is 28.5 Å². The Bertz CT molecular complexity index is 1480. The quantitative estimate of drug-likeness (QED) is 0.188. The molecule has 0 radical (unpaired) electrons. The molecule has 1 unspecified atom stereocenters. The number of hydrogen-bond donors (Lipinski definition) is 3. The van der Waals surface area contributed by atoms with Crippen molar-refractivity contribution in [1.29, 1.82) is 0 Å². The molecule has 2 aromatic heterocycles. The summed E-state index contributed by atoms with van der Waals surface area (Å²) in [6, 6.07) is 32.4. The molecule has 3 aromatic carbocycles. The van der Waals surface area contributed by atoms with Crippen LogP contribution in [-0.2, 0) is 34.0 Å². The van der Waals surface area contributed by atoms with E-state index in [1.165, 1.54) is 10.8 Å². The number of aliphatic hydroxyl groups is 2. The summed E-state index contributed by atoms with van der Waals surface area (Å²) in [7, 11) is 0. The number of anilines is 1. The van der Waals surface area contributed by atoms with Crippen molar-refractivity contribution in [3.8, 4) is 0 Å². The van der Waals surface area contributed by atoms with E-state index in [0.29, 0.717) is 17.8 Å². The number of nitrogens with two attached hydrogens (primary N) is 1. The lowest BCUT2D eigenvalue weighted by atomic mass is 10.00. The van der Waals surface area contributed by atoms with Gasteiger partial charge in [-0.3, -0.25) is 0 Å². The molecule has 5 aromatic rings. The number of aromatic nitrogens is 3. The second kappa shape index (κ2) is 14.0. The Morgan fingerprint density at radius 3 is 1.80 bits per heavy atom. The van der Waals surface area contributed by atoms with Crippen LogP contribution in [0.15, 0.2) is 109 Å². The fourth-order valence-corrected chi connectivity index (χ4v) is 4.66. The van der Waals surface area contributed by atoms with Gasteiger partial charge in [-0.25, -0.2) is 9.50 Å². The number of nitrogens with zero attached hydrogens (tertiary/aromatic N) is 3. The molecule has 9 nitrogen and oxygen atoms in total. The number of hydrogen-bond acceptors (Lipinski definition) is 8. The molecule has 4 N–H and O–H groups in total. The van der Waals surface area contributed by atoms with Crippen molar-refractivity contribution in [1.82, 2.24) is 14.6 Å². The summed E-state index contributed by atoms with van der Waals surface area (Å²) >= 11 is 0. The van der Waals surface area contributed by atoms with Crippen LogP contribution in [0.25, 0.3) is 5.52 Å². The van der Waals surface area contributed by atoms with Gasteiger partial charge in [-0.15, -0.1) is 0 Å². The second-order valence-corrected chi connectivity index (χ2v) is 9.74. The molecule has 5 rings (SSSR count). The molecule has 212 valence electrons. The zero-order chi connectivity index (χ0) is 28.4. The van der Waals surface area contributed by atoms with Gasteiger partial charge in [0.05, 0.1) is 32.1 Å². The highest BCUT2D eigenvalue weighted by molar-refractivity contribution is 5.65. The fourth-order valence-electron chi connectivity index (χ4n) is 4.66. The Labute approximate surface area is 238 Å². The average Bonchev–Trinajstić information content (AvgIpc) is 3.45. The molecule has 9 heteroatoms. The van der Waals surface area contributed by atoms with Crippen LogP contribution < -0.4 is 5.73 Å². The van der Waals surface area contributed by atoms with Gasteiger partial charge in [-0.2, -0.15) is 5.10 Å². The van der Waals surface area contributed by atoms with Crippen LogP contribution >= 0.6 is 0 Å². The van der Waals surface area contributed by atoms with E-state index in [9.17, 15) is 10.2 Å². The standard InChI is InChI=1S/C32H34N4O5/c33-32-27-17-16-26(36(27)35-22-34-32)29(38)31(41-20-25-14-8-3-9-15-25)30(40-19-24-12-6-2-7-13-24)28(37)21-39-18-23-10-4-1-5-11-23/h1-17,22,28-31,37-38H,18-21H2,(H2,33,34,35)/t28-,29?,30-,31+/m1/s1. The first-order valence-electron chi connectivity index (χ1n) is 13.5. The van der Waals surface area contributed by atoms with Gasteiger partial charge in [0.2, 0.25) is 0 Å². The van der Waals surface area contributed by atoms with Crippen LogP contribution in [0.2, 0.25) is 0 Å². The summed E-state index contributed by atoms with van der Waals surface area (Å²) < 4.78 is 20.1. The second-order valence-electron chi connectivity index (χ2n) is 9.74. The lowest BCUT2D eigenvalue weighted by Crippen LogP contribution is -2.46. The summed E-state index contributed by atoms with van der Waals surface area (Å²) in [5, 5.41) is 27.5. The first-order valence-corrected chi connectivity index (χ1v) is 13.5. The van der Waals surface area contributed by atoms with Crippen molar-refractivity contribution >= 4 is 11.3 Å². The molecule has 0 aliphatic heterocycles. The number of aliphatic hydroxyl groups excluding tert-OH is 2. The van der Waals surface area contributed by atoms with E-state index in [4.69, 9.17) is 19.9 Å². The van der Waals surface area contributed by atoms with Crippen molar-refractivity contribution in [3.05, 3.63) is 132 Å². The minimum atomic E-state index is -1.24. The normalized spacial score (nSPS) is 14.5. The molecule has 0 spiro atoms. The highest BCUT2D eigenvalue weighted by Crippen LogP contribution is 2.29. The van der Waals surface area contributed by atoms with E-state index in [1.807, 2.05) is 91.0 Å². The molecule has 0 saturated heterocycles. The number of rotatable bonds is 14. The number of nitrogen functional groups attached to an aromatic ring is 1. The predicted octanol–water partition coefficient (Wildman–Crippen LogP) is 4.09. The van der Waals surface area contributed by atoms with Gasteiger partial charge >= 0.3 is 0 Å². The zero-order valence-corrected chi connectivity index (χ0v) is 22.6. The molecule has 0 aliphatic rings. The van der Waals surface area contributed by atoms with Crippen molar-refractivity contribution in [2.75, 3.05) is 12.3 Å². The molecule has 0 saturated carbocycles. The Morgan fingerprint density at radius 1 is 0.683 bits per heavy atom. The number of benzene rings is 3. The van der Waals surface area contributed by atoms with Gasteiger partial charge in [0.15, 0.2) is 5.82 Å². The van der Waals surface area contributed by atoms with E-state index >= 15 is 0 Å². The minimum Gasteiger partial charge on any atom is -0.388 e. The first kappa shape index (κ1) is 28.4. The highest BCUT2D eigenvalue weighted by Gasteiger charge is 2.38. The van der Waals surface area contributed by atoms with Crippen LogP contribution in [0.3, 0.4) is 0 Å². The van der Waals surface area contributed by atoms with E-state index in [0.717, 1.165) is 16.7 Å². The van der Waals surface area contributed by atoms with Gasteiger partial charge < -0.3 is 30.2 Å². The summed E-state index contributed by atoms with van der Waals surface area (Å²) in [6.07, 6.45) is -2.99. The van der Waals surface area contributed by atoms with Crippen LogP contribution in [-0.4, -0.2) is 49.7 Å². The van der Waals surface area contributed by atoms with Gasteiger partial charge in [0, 0.05) is 0 Å². The monoisotopic (exact) mass is 554 g/mol. The third-order valence-electron chi connectivity index (χ3n) is 6.80. The van der Waals surface area contributed by atoms with Gasteiger partial charge in [-0.05, 0) is 28.8 Å². The van der Waals surface area contributed by atoms with Gasteiger partial charge in [0.25, 0.3) is 0 Å². The average molecular weight is 555 g/mol. The Balaban J connectivity index is 1.43.